The van der Waals surface area contributed by atoms with Gasteiger partial charge in [0.15, 0.2) is 0 Å². The first kappa shape index (κ1) is 15.1. The number of rotatable bonds is 2. The molecule has 1 fully saturated rings. The average molecular weight is 297 g/mol. The molecule has 0 amide bonds. The number of benzene rings is 1. The number of nitrogens with one attached hydrogen (secondary N) is 1. The van der Waals surface area contributed by atoms with E-state index in [0.29, 0.717) is 11.2 Å². The Bertz CT molecular complexity index is 611. The summed E-state index contributed by atoms with van der Waals surface area (Å²) in [6, 6.07) is 10.8. The molecule has 0 aliphatic heterocycles. The third-order valence-electron chi connectivity index (χ3n) is 5.24. The van der Waals surface area contributed by atoms with Crippen LogP contribution in [0.2, 0.25) is 0 Å². The van der Waals surface area contributed by atoms with Crippen molar-refractivity contribution < 1.29 is 0 Å². The van der Waals surface area contributed by atoms with Crippen LogP contribution >= 0.6 is 0 Å². The molecule has 3 rings (SSSR count). The molecule has 0 spiro atoms. The van der Waals surface area contributed by atoms with Crippen molar-refractivity contribution in [1.29, 1.82) is 0 Å². The van der Waals surface area contributed by atoms with Crippen molar-refractivity contribution in [3.05, 3.63) is 35.9 Å². The topological polar surface area (TPSA) is 54.7 Å². The molecule has 0 saturated heterocycles. The fourth-order valence-corrected chi connectivity index (χ4v) is 3.71. The third-order valence-corrected chi connectivity index (χ3v) is 5.24. The SMILES string of the molecule is CC(C)(C)C1CCC(c2ccc(-c3cc(N)n[nH]3)cc2)CC1. The summed E-state index contributed by atoms with van der Waals surface area (Å²) in [7, 11) is 0. The zero-order chi connectivity index (χ0) is 15.7. The molecule has 0 unspecified atom stereocenters. The Hall–Kier alpha value is -1.77. The summed E-state index contributed by atoms with van der Waals surface area (Å²) in [6.45, 7) is 7.13. The Morgan fingerprint density at radius 3 is 2.18 bits per heavy atom. The van der Waals surface area contributed by atoms with Crippen LogP contribution in [0.25, 0.3) is 11.3 Å². The fraction of sp³-hybridized carbons (Fsp3) is 0.526. The van der Waals surface area contributed by atoms with Crippen LogP contribution in [0.4, 0.5) is 5.82 Å². The van der Waals surface area contributed by atoms with Gasteiger partial charge in [-0.05, 0) is 54.1 Å². The van der Waals surface area contributed by atoms with Crippen molar-refractivity contribution >= 4 is 5.82 Å². The number of nitrogen functional groups attached to an aromatic ring is 1. The smallest absolute Gasteiger partial charge is 0.145 e. The van der Waals surface area contributed by atoms with E-state index in [9.17, 15) is 0 Å². The summed E-state index contributed by atoms with van der Waals surface area (Å²) >= 11 is 0. The van der Waals surface area contributed by atoms with Crippen LogP contribution in [0.5, 0.6) is 0 Å². The molecule has 1 saturated carbocycles. The summed E-state index contributed by atoms with van der Waals surface area (Å²) in [5.74, 6) is 2.13. The van der Waals surface area contributed by atoms with Gasteiger partial charge in [0.25, 0.3) is 0 Å². The van der Waals surface area contributed by atoms with Gasteiger partial charge in [0.2, 0.25) is 0 Å². The van der Waals surface area contributed by atoms with E-state index in [1.807, 2.05) is 6.07 Å². The lowest BCUT2D eigenvalue weighted by Gasteiger charge is -2.37. The van der Waals surface area contributed by atoms with E-state index in [4.69, 9.17) is 5.73 Å². The Morgan fingerprint density at radius 2 is 1.68 bits per heavy atom. The van der Waals surface area contributed by atoms with Gasteiger partial charge in [0, 0.05) is 6.07 Å². The lowest BCUT2D eigenvalue weighted by atomic mass is 9.68. The van der Waals surface area contributed by atoms with Crippen molar-refractivity contribution in [2.75, 3.05) is 5.73 Å². The van der Waals surface area contributed by atoms with Gasteiger partial charge in [-0.1, -0.05) is 45.0 Å². The monoisotopic (exact) mass is 297 g/mol. The van der Waals surface area contributed by atoms with E-state index in [2.05, 4.69) is 55.2 Å². The molecular formula is C19H27N3. The highest BCUT2D eigenvalue weighted by Gasteiger charge is 2.30. The summed E-state index contributed by atoms with van der Waals surface area (Å²) < 4.78 is 0. The van der Waals surface area contributed by atoms with Crippen LogP contribution in [-0.4, -0.2) is 10.2 Å². The van der Waals surface area contributed by atoms with Crippen molar-refractivity contribution in [1.82, 2.24) is 10.2 Å². The summed E-state index contributed by atoms with van der Waals surface area (Å²) in [4.78, 5) is 0. The number of anilines is 1. The molecule has 0 radical (unpaired) electrons. The lowest BCUT2D eigenvalue weighted by molar-refractivity contribution is 0.169. The highest BCUT2D eigenvalue weighted by Crippen LogP contribution is 2.43. The van der Waals surface area contributed by atoms with E-state index in [1.54, 1.807) is 0 Å². The van der Waals surface area contributed by atoms with E-state index < -0.39 is 0 Å². The van der Waals surface area contributed by atoms with E-state index in [0.717, 1.165) is 23.1 Å². The second kappa shape index (κ2) is 5.79. The van der Waals surface area contributed by atoms with Gasteiger partial charge in [0.05, 0.1) is 5.69 Å². The number of H-pyrrole nitrogens is 1. The molecule has 118 valence electrons. The number of hydrogen-bond donors (Lipinski definition) is 2. The fourth-order valence-electron chi connectivity index (χ4n) is 3.71. The Morgan fingerprint density at radius 1 is 1.05 bits per heavy atom. The standard InChI is InChI=1S/C19H27N3/c1-19(2,3)16-10-8-14(9-11-16)13-4-6-15(7-5-13)17-12-18(20)22-21-17/h4-7,12,14,16H,8-11H2,1-3H3,(H3,20,21,22). The molecule has 3 heteroatoms. The first-order valence-electron chi connectivity index (χ1n) is 8.34. The largest absolute Gasteiger partial charge is 0.382 e. The van der Waals surface area contributed by atoms with E-state index in [-0.39, 0.29) is 0 Å². The number of aromatic nitrogens is 2. The number of hydrogen-bond acceptors (Lipinski definition) is 2. The summed E-state index contributed by atoms with van der Waals surface area (Å²) in [6.07, 6.45) is 5.34. The summed E-state index contributed by atoms with van der Waals surface area (Å²) in [5.41, 5.74) is 9.73. The molecule has 1 aromatic heterocycles. The third kappa shape index (κ3) is 3.18. The highest BCUT2D eigenvalue weighted by molar-refractivity contribution is 5.62. The lowest BCUT2D eigenvalue weighted by Crippen LogP contribution is -2.25. The van der Waals surface area contributed by atoms with Crippen LogP contribution < -0.4 is 5.73 Å². The second-order valence-electron chi connectivity index (χ2n) is 7.74. The number of nitrogens with zero attached hydrogens (tertiary/aromatic N) is 1. The van der Waals surface area contributed by atoms with Gasteiger partial charge in [-0.2, -0.15) is 5.10 Å². The Kier molecular flexibility index (Phi) is 3.98. The zero-order valence-corrected chi connectivity index (χ0v) is 13.9. The molecule has 1 aromatic carbocycles. The van der Waals surface area contributed by atoms with Crippen molar-refractivity contribution in [2.24, 2.45) is 11.3 Å². The van der Waals surface area contributed by atoms with Gasteiger partial charge in [-0.15, -0.1) is 0 Å². The zero-order valence-electron chi connectivity index (χ0n) is 13.9. The van der Waals surface area contributed by atoms with Crippen molar-refractivity contribution in [3.63, 3.8) is 0 Å². The van der Waals surface area contributed by atoms with Crippen LogP contribution in [0.15, 0.2) is 30.3 Å². The van der Waals surface area contributed by atoms with Crippen LogP contribution in [0.1, 0.15) is 57.9 Å². The summed E-state index contributed by atoms with van der Waals surface area (Å²) in [5, 5.41) is 6.96. The molecular weight excluding hydrogens is 270 g/mol. The highest BCUT2D eigenvalue weighted by atomic mass is 15.2. The Labute approximate surface area is 133 Å². The molecule has 3 nitrogen and oxygen atoms in total. The van der Waals surface area contributed by atoms with Crippen LogP contribution in [-0.2, 0) is 0 Å². The maximum absolute atomic E-state index is 5.67. The molecule has 0 atom stereocenters. The molecule has 3 N–H and O–H groups in total. The van der Waals surface area contributed by atoms with Crippen molar-refractivity contribution in [3.8, 4) is 11.3 Å². The number of aromatic amines is 1. The number of nitrogens with two attached hydrogens (primary N) is 1. The molecule has 22 heavy (non-hydrogen) atoms. The Balaban J connectivity index is 1.67. The molecule has 2 aromatic rings. The quantitative estimate of drug-likeness (QED) is 0.821. The maximum atomic E-state index is 5.67. The normalized spacial score (nSPS) is 22.7. The first-order valence-corrected chi connectivity index (χ1v) is 8.34. The maximum Gasteiger partial charge on any atom is 0.145 e. The minimum Gasteiger partial charge on any atom is -0.382 e. The van der Waals surface area contributed by atoms with Gasteiger partial charge in [-0.3, -0.25) is 5.10 Å². The molecule has 1 aliphatic carbocycles. The minimum absolute atomic E-state index is 0.454. The van der Waals surface area contributed by atoms with Gasteiger partial charge >= 0.3 is 0 Å². The molecule has 1 heterocycles. The average Bonchev–Trinajstić information content (AvgIpc) is 2.93. The van der Waals surface area contributed by atoms with E-state index in [1.165, 1.54) is 31.2 Å². The van der Waals surface area contributed by atoms with Crippen molar-refractivity contribution in [2.45, 2.75) is 52.4 Å². The van der Waals surface area contributed by atoms with Gasteiger partial charge in [-0.25, -0.2) is 0 Å². The van der Waals surface area contributed by atoms with Crippen LogP contribution in [0.3, 0.4) is 0 Å². The van der Waals surface area contributed by atoms with Gasteiger partial charge in [0.1, 0.15) is 5.82 Å². The van der Waals surface area contributed by atoms with E-state index >= 15 is 0 Å². The molecule has 0 bridgehead atoms. The predicted molar refractivity (Wildman–Crippen MR) is 92.6 cm³/mol. The first-order chi connectivity index (χ1) is 10.4. The second-order valence-corrected chi connectivity index (χ2v) is 7.74. The minimum atomic E-state index is 0.454. The van der Waals surface area contributed by atoms with Crippen LogP contribution in [0, 0.1) is 11.3 Å². The predicted octanol–water partition coefficient (Wildman–Crippen LogP) is 4.98. The molecule has 1 aliphatic rings. The van der Waals surface area contributed by atoms with Gasteiger partial charge < -0.3 is 5.73 Å².